The average Bonchev–Trinajstić information content (AvgIpc) is 1.53. The predicted octanol–water partition coefficient (Wildman–Crippen LogP) is 34.8. The fourth-order valence-electron chi connectivity index (χ4n) is 25.9. The van der Waals surface area contributed by atoms with E-state index >= 15 is 0 Å². The summed E-state index contributed by atoms with van der Waals surface area (Å²) in [5.41, 5.74) is 38.9. The molecule has 1 radical (unpaired) electrons. The van der Waals surface area contributed by atoms with Crippen LogP contribution in [0.25, 0.3) is 72.3 Å². The molecule has 143 heavy (non-hydrogen) atoms. The molecule has 0 saturated heterocycles. The summed E-state index contributed by atoms with van der Waals surface area (Å²) in [6.07, 6.45) is 33.9. The van der Waals surface area contributed by atoms with Crippen molar-refractivity contribution in [3.8, 4) is 66.8 Å². The Labute approximate surface area is 910 Å². The number of hydrogen-bond donors (Lipinski definition) is 0. The van der Waals surface area contributed by atoms with Gasteiger partial charge < -0.3 is 56.4 Å². The summed E-state index contributed by atoms with van der Waals surface area (Å²) < 4.78 is 37.5. The Morgan fingerprint density at radius 3 is 0.559 bits per heavy atom. The fourth-order valence-corrected chi connectivity index (χ4v) is 25.9. The van der Waals surface area contributed by atoms with Crippen molar-refractivity contribution in [2.24, 2.45) is 29.6 Å². The second kappa shape index (κ2) is 59.0. The Hall–Kier alpha value is -10.7. The van der Waals surface area contributed by atoms with Crippen LogP contribution in [0.3, 0.4) is 0 Å². The van der Waals surface area contributed by atoms with E-state index in [2.05, 4.69) is 430 Å². The monoisotopic (exact) mass is 2500 g/mol. The molecule has 0 aliphatic heterocycles. The van der Waals surface area contributed by atoms with Crippen LogP contribution >= 0.6 is 0 Å². The molecule has 733 valence electrons. The van der Waals surface area contributed by atoms with Gasteiger partial charge in [-0.2, -0.15) is 0 Å². The zero-order valence-electron chi connectivity index (χ0n) is 84.2. The van der Waals surface area contributed by atoms with Crippen LogP contribution in [0.15, 0.2) is 376 Å². The second-order valence-electron chi connectivity index (χ2n) is 37.2. The third kappa shape index (κ3) is 23.5. The van der Waals surface area contributed by atoms with Gasteiger partial charge >= 0.3 is 135 Å². The van der Waals surface area contributed by atoms with Crippen LogP contribution in [0.5, 0.6) is 0 Å². The van der Waals surface area contributed by atoms with Crippen LogP contribution in [0, 0.1) is 119 Å². The van der Waals surface area contributed by atoms with Gasteiger partial charge in [-0.1, -0.05) is 461 Å². The first-order valence-electron chi connectivity index (χ1n) is 47.6. The minimum Gasteiger partial charge on any atom is -0.358 e. The number of benzene rings is 14. The molecule has 14 aromatic rings. The molecule has 0 bridgehead atoms. The topological polar surface area (TPSA) is 123 Å². The Bertz CT molecular complexity index is 5780. The average molecular weight is 2500 g/mol. The minimum absolute atomic E-state index is 0. The van der Waals surface area contributed by atoms with Gasteiger partial charge in [-0.25, -0.2) is 0 Å². The SMILES string of the molecule is C1=CC(c2ccccc2-c2ccccc2)=C1.CC1(C2CCCC2)c2ccccc2-c2ccccc21.CC1(C2CCCC2)c2ccccc2-c2ccccc21.CC1(C2CCCC2)c2ccccc2-c2ccccc21.[C-]#N.[C-]#[O+].[C-]#[O+].[C-]#[O+].[C-]#[O+].[C-]#[O+].[CH3-].[CH3-].[CH3-].[CH3-].[CH3-].[CH3-].[Os+2].[Os+2].[Os+2].[Ru+].c1ccc(C2(C3CCCC3)c3ccccc3-c3ccccc32)cc1.c1ccc(C2(C3CCCC3)c3ccccc3-c3ccccc32)cc1. The molecule has 0 N–H and O–H groups in total. The van der Waals surface area contributed by atoms with Gasteiger partial charge in [-0.05, 0) is 238 Å². The summed E-state index contributed by atoms with van der Waals surface area (Å²) in [6, 6.07) is 132. The predicted molar refractivity (Wildman–Crippen MR) is 573 cm³/mol. The van der Waals surface area contributed by atoms with Gasteiger partial charge in [0.2, 0.25) is 0 Å². The third-order valence-electron chi connectivity index (χ3n) is 31.6. The number of nitrogens with zero attached hydrogens (tertiary/aromatic N) is 1. The van der Waals surface area contributed by atoms with E-state index in [9.17, 15) is 0 Å². The first kappa shape index (κ1) is 125. The van der Waals surface area contributed by atoms with Gasteiger partial charge in [0.1, 0.15) is 0 Å². The molecule has 25 rings (SSSR count). The number of fused-ring (bicyclic) bond motifs is 15. The van der Waals surface area contributed by atoms with Crippen molar-refractivity contribution in [1.82, 2.24) is 0 Å². The molecule has 5 saturated carbocycles. The molecule has 11 aliphatic rings. The standard InChI is InChI=1S/2C24H22.3C19H20.C16H12.CN.5CO.6CH3.3Os.Ru/c2*1-2-10-18(11-3-1)24(19-12-4-5-13-19)22-16-8-6-14-20(22)21-15-7-9-17-23(21)24;3*1-19(14-8-2-3-9-14)17-12-6-4-10-15(17)16-11-5-7-13-18(16)19;1-2-7-13(8-3-1)15-11-4-5-12-16(15)14-9-6-10-14;6*1-2;;;;;;;;;;/h2*1-3,6-11,14-17,19H,4-5,12-13H2;3*4-7,10-14H,2-3,8-9H2,1H3;1-12H;;;;;;;6*1H3;;;;/q;;;;;;-1;;;;;;6*-1;3*+2;+1. The van der Waals surface area contributed by atoms with Crippen LogP contribution < -0.4 is 0 Å². The zero-order valence-corrected chi connectivity index (χ0v) is 93.6. The maximum absolute atomic E-state index is 7.50. The maximum Gasteiger partial charge on any atom is 2.00 e. The Morgan fingerprint density at radius 2 is 0.364 bits per heavy atom. The minimum atomic E-state index is 0. The van der Waals surface area contributed by atoms with E-state index in [4.69, 9.17) is 35.1 Å². The molecule has 0 heterocycles. The fraction of sp³-hybridized carbons (Fsp3) is 0.248. The van der Waals surface area contributed by atoms with Crippen molar-refractivity contribution in [3.63, 3.8) is 0 Å². The quantitative estimate of drug-likeness (QED) is 0.0797. The van der Waals surface area contributed by atoms with Crippen molar-refractivity contribution in [2.45, 2.75) is 176 Å². The number of allylic oxidation sites excluding steroid dienone is 4. The molecule has 0 unspecified atom stereocenters. The third-order valence-corrected chi connectivity index (χ3v) is 31.6. The van der Waals surface area contributed by atoms with E-state index in [1.54, 1.807) is 33.4 Å². The summed E-state index contributed by atoms with van der Waals surface area (Å²) in [5.74, 6) is 3.85. The van der Waals surface area contributed by atoms with Crippen molar-refractivity contribution in [3.05, 3.63) is 533 Å². The van der Waals surface area contributed by atoms with Crippen molar-refractivity contribution < 1.29 is 102 Å². The van der Waals surface area contributed by atoms with E-state index in [0.717, 1.165) is 17.8 Å². The normalized spacial score (nSPS) is 15.8. The molecule has 0 atom stereocenters. The molecule has 11 aliphatic carbocycles. The van der Waals surface area contributed by atoms with E-state index in [-0.39, 0.29) is 150 Å². The number of hydrogen-bond acceptors (Lipinski definition) is 1. The maximum atomic E-state index is 7.50. The smallest absolute Gasteiger partial charge is 0.358 e. The van der Waals surface area contributed by atoms with Crippen molar-refractivity contribution in [1.29, 1.82) is 5.26 Å². The number of rotatable bonds is 9. The summed E-state index contributed by atoms with van der Waals surface area (Å²) in [7, 11) is 0. The Kier molecular flexibility index (Phi) is 51.4. The van der Waals surface area contributed by atoms with Gasteiger partial charge in [0.15, 0.2) is 0 Å². The van der Waals surface area contributed by atoms with Gasteiger partial charge in [0, 0.05) is 27.1 Å². The van der Waals surface area contributed by atoms with E-state index < -0.39 is 0 Å². The molecule has 0 aromatic heterocycles. The van der Waals surface area contributed by atoms with E-state index in [1.807, 2.05) is 0 Å². The van der Waals surface area contributed by atoms with Crippen molar-refractivity contribution in [2.75, 3.05) is 0 Å². The van der Waals surface area contributed by atoms with Crippen LogP contribution in [-0.2, 0) is 129 Å². The van der Waals surface area contributed by atoms with Gasteiger partial charge in [-0.3, -0.25) is 0 Å². The summed E-state index contributed by atoms with van der Waals surface area (Å²) >= 11 is 0. The van der Waals surface area contributed by atoms with Crippen LogP contribution in [0.1, 0.15) is 222 Å². The second-order valence-corrected chi connectivity index (χ2v) is 37.2. The molecule has 10 heteroatoms. The zero-order chi connectivity index (χ0) is 93.4. The van der Waals surface area contributed by atoms with Crippen LogP contribution in [0.2, 0.25) is 0 Å². The molecular weight excluding hydrogens is 2360 g/mol. The summed E-state index contributed by atoms with van der Waals surface area (Å²) in [6.45, 7) is 34.7. The molecule has 14 aromatic carbocycles. The first-order chi connectivity index (χ1) is 65.7. The van der Waals surface area contributed by atoms with Gasteiger partial charge in [-0.15, -0.1) is 0 Å². The van der Waals surface area contributed by atoms with Crippen LogP contribution in [0.4, 0.5) is 0 Å². The van der Waals surface area contributed by atoms with Crippen molar-refractivity contribution >= 4 is 5.57 Å². The Balaban J connectivity index is 0.000000347. The largest absolute Gasteiger partial charge is 2.00 e. The molecule has 0 spiro atoms. The summed E-state index contributed by atoms with van der Waals surface area (Å²) in [4.78, 5) is 0. The van der Waals surface area contributed by atoms with Gasteiger partial charge in [0.05, 0.1) is 0 Å². The van der Waals surface area contributed by atoms with E-state index in [0.29, 0.717) is 11.8 Å². The van der Waals surface area contributed by atoms with Crippen LogP contribution in [-0.4, -0.2) is 0 Å². The first-order valence-corrected chi connectivity index (χ1v) is 47.6. The van der Waals surface area contributed by atoms with E-state index in [1.165, 1.54) is 240 Å². The molecule has 5 fully saturated rings. The summed E-state index contributed by atoms with van der Waals surface area (Å²) in [5, 5.41) is 6.25. The molecule has 0 amide bonds. The molecular formula is C133H134NO5Os3Ru. The molecule has 6 nitrogen and oxygen atoms in total. The van der Waals surface area contributed by atoms with Gasteiger partial charge in [0.25, 0.3) is 0 Å². The Morgan fingerprint density at radius 1 is 0.210 bits per heavy atom.